The van der Waals surface area contributed by atoms with E-state index in [0.717, 1.165) is 11.3 Å². The molecule has 0 bridgehead atoms. The largest absolute Gasteiger partial charge is 0.474 e. The number of nitrogens with zero attached hydrogens (tertiary/aromatic N) is 2. The van der Waals surface area contributed by atoms with Crippen molar-refractivity contribution in [3.63, 3.8) is 0 Å². The lowest BCUT2D eigenvalue weighted by Crippen LogP contribution is -2.51. The van der Waals surface area contributed by atoms with Crippen LogP contribution in [-0.4, -0.2) is 46.5 Å². The topological polar surface area (TPSA) is 132 Å². The van der Waals surface area contributed by atoms with Gasteiger partial charge in [0, 0.05) is 41.5 Å². The Morgan fingerprint density at radius 3 is 2.91 bits per heavy atom. The predicted octanol–water partition coefficient (Wildman–Crippen LogP) is 2.74. The third kappa shape index (κ3) is 3.42. The fourth-order valence-corrected chi connectivity index (χ4v) is 3.95. The normalized spacial score (nSPS) is 19.3. The number of ether oxygens (including phenoxy) is 2. The molecule has 1 fully saturated rings. The van der Waals surface area contributed by atoms with E-state index in [9.17, 15) is 9.90 Å². The molecule has 10 heteroatoms. The summed E-state index contributed by atoms with van der Waals surface area (Å²) in [4.78, 5) is 20.5. The maximum absolute atomic E-state index is 15.2. The van der Waals surface area contributed by atoms with E-state index in [1.54, 1.807) is 12.3 Å². The maximum atomic E-state index is 15.2. The first-order valence-electron chi connectivity index (χ1n) is 10.3. The van der Waals surface area contributed by atoms with Crippen molar-refractivity contribution in [2.45, 2.75) is 31.9 Å². The minimum absolute atomic E-state index is 0.0381. The number of amides is 1. The average Bonchev–Trinajstić information content (AvgIpc) is 2.79. The Hall–Kier alpha value is -3.66. The molecule has 0 saturated heterocycles. The number of nitrogens with two attached hydrogens (primary N) is 1. The summed E-state index contributed by atoms with van der Waals surface area (Å²) < 4.78 is 26.0. The van der Waals surface area contributed by atoms with Crippen LogP contribution in [0.1, 0.15) is 18.4 Å². The van der Waals surface area contributed by atoms with Gasteiger partial charge in [-0.05, 0) is 36.8 Å². The summed E-state index contributed by atoms with van der Waals surface area (Å²) in [5.41, 5.74) is 8.38. The number of aromatic nitrogens is 2. The maximum Gasteiger partial charge on any atom is 0.414 e. The van der Waals surface area contributed by atoms with E-state index >= 15 is 4.39 Å². The molecule has 1 aliphatic heterocycles. The summed E-state index contributed by atoms with van der Waals surface area (Å²) in [6.45, 7) is 3.00. The summed E-state index contributed by atoms with van der Waals surface area (Å²) in [6.07, 6.45) is 2.98. The van der Waals surface area contributed by atoms with Crippen LogP contribution >= 0.6 is 0 Å². The SMILES string of the molecule is Cc1c(-c2cc3cc(OC(=O)NC4CCC4O)ncc3c(N)c2F)cnc2c1NCCO2. The second-order valence-corrected chi connectivity index (χ2v) is 7.93. The van der Waals surface area contributed by atoms with Crippen molar-refractivity contribution in [1.82, 2.24) is 15.3 Å². The molecule has 0 radical (unpaired) electrons. The van der Waals surface area contributed by atoms with Gasteiger partial charge in [0.25, 0.3) is 0 Å². The first kappa shape index (κ1) is 20.3. The zero-order chi connectivity index (χ0) is 22.4. The first-order valence-corrected chi connectivity index (χ1v) is 10.3. The number of nitrogen functional groups attached to an aromatic ring is 1. The Morgan fingerprint density at radius 1 is 1.31 bits per heavy atom. The zero-order valence-electron chi connectivity index (χ0n) is 17.3. The van der Waals surface area contributed by atoms with Gasteiger partial charge in [-0.15, -0.1) is 0 Å². The number of aliphatic hydroxyl groups excluding tert-OH is 1. The van der Waals surface area contributed by atoms with Crippen molar-refractivity contribution >= 4 is 28.2 Å². The van der Waals surface area contributed by atoms with E-state index in [0.29, 0.717) is 48.2 Å². The molecule has 2 atom stereocenters. The van der Waals surface area contributed by atoms with Gasteiger partial charge in [0.1, 0.15) is 12.3 Å². The summed E-state index contributed by atoms with van der Waals surface area (Å²) >= 11 is 0. The Bertz CT molecular complexity index is 1230. The minimum Gasteiger partial charge on any atom is -0.474 e. The molecule has 0 spiro atoms. The number of carbonyl (C=O) groups excluding carboxylic acids is 1. The smallest absolute Gasteiger partial charge is 0.414 e. The predicted molar refractivity (Wildman–Crippen MR) is 116 cm³/mol. The molecule has 32 heavy (non-hydrogen) atoms. The fourth-order valence-electron chi connectivity index (χ4n) is 3.95. The molecule has 1 saturated carbocycles. The van der Waals surface area contributed by atoms with Gasteiger partial charge in [0.05, 0.1) is 17.8 Å². The number of carbonyl (C=O) groups is 1. The van der Waals surface area contributed by atoms with Crippen molar-refractivity contribution in [2.24, 2.45) is 0 Å². The van der Waals surface area contributed by atoms with Crippen molar-refractivity contribution < 1.29 is 23.8 Å². The molecular weight excluding hydrogens is 417 g/mol. The van der Waals surface area contributed by atoms with Gasteiger partial charge in [-0.2, -0.15) is 0 Å². The summed E-state index contributed by atoms with van der Waals surface area (Å²) in [5.74, 6) is -0.0588. The van der Waals surface area contributed by atoms with E-state index in [2.05, 4.69) is 20.6 Å². The average molecular weight is 439 g/mol. The monoisotopic (exact) mass is 439 g/mol. The number of hydrogen-bond acceptors (Lipinski definition) is 8. The second-order valence-electron chi connectivity index (χ2n) is 7.93. The Labute approximate surface area is 182 Å². The number of rotatable bonds is 3. The number of fused-ring (bicyclic) bond motifs is 2. The zero-order valence-corrected chi connectivity index (χ0v) is 17.3. The van der Waals surface area contributed by atoms with Gasteiger partial charge in [-0.1, -0.05) is 0 Å². The Morgan fingerprint density at radius 2 is 2.16 bits per heavy atom. The third-order valence-corrected chi connectivity index (χ3v) is 5.95. The Kier molecular flexibility index (Phi) is 4.93. The number of hydrogen-bond donors (Lipinski definition) is 4. The van der Waals surface area contributed by atoms with Crippen LogP contribution in [-0.2, 0) is 0 Å². The molecule has 2 aromatic heterocycles. The highest BCUT2D eigenvalue weighted by atomic mass is 19.1. The van der Waals surface area contributed by atoms with Gasteiger partial charge < -0.3 is 30.9 Å². The van der Waals surface area contributed by atoms with Gasteiger partial charge in [-0.3, -0.25) is 0 Å². The van der Waals surface area contributed by atoms with Crippen molar-refractivity contribution in [3.05, 3.63) is 35.9 Å². The molecule has 2 aliphatic rings. The Balaban J connectivity index is 1.50. The molecule has 5 N–H and O–H groups in total. The quantitative estimate of drug-likeness (QED) is 0.458. The van der Waals surface area contributed by atoms with Crippen LogP contribution in [0.3, 0.4) is 0 Å². The second kappa shape index (κ2) is 7.79. The molecule has 1 aromatic carbocycles. The van der Waals surface area contributed by atoms with E-state index in [4.69, 9.17) is 15.2 Å². The molecular formula is C22H22FN5O4. The minimum atomic E-state index is -0.711. The highest BCUT2D eigenvalue weighted by Crippen LogP contribution is 2.39. The molecule has 3 heterocycles. The standard InChI is InChI=1S/C22H22FN5O4/c1-10-13(8-27-21-20(10)25-4-5-31-21)12-6-11-7-17(26-9-14(11)19(24)18(12)23)32-22(30)28-15-2-3-16(15)29/h6-9,15-16,25,29H,2-5,24H2,1H3,(H,28,30). The van der Waals surface area contributed by atoms with Crippen molar-refractivity contribution in [2.75, 3.05) is 24.2 Å². The van der Waals surface area contributed by atoms with Crippen LogP contribution in [0.5, 0.6) is 11.8 Å². The van der Waals surface area contributed by atoms with Gasteiger partial charge in [0.15, 0.2) is 5.82 Å². The van der Waals surface area contributed by atoms with E-state index in [-0.39, 0.29) is 23.2 Å². The lowest BCUT2D eigenvalue weighted by molar-refractivity contribution is 0.0507. The number of nitrogens with one attached hydrogen (secondary N) is 2. The molecule has 2 unspecified atom stereocenters. The van der Waals surface area contributed by atoms with E-state index in [1.165, 1.54) is 12.3 Å². The summed E-state index contributed by atoms with van der Waals surface area (Å²) in [6, 6.07) is 2.83. The van der Waals surface area contributed by atoms with Crippen LogP contribution in [0, 0.1) is 12.7 Å². The number of aliphatic hydroxyl groups is 1. The van der Waals surface area contributed by atoms with E-state index in [1.807, 2.05) is 6.92 Å². The number of halogens is 1. The molecule has 3 aromatic rings. The summed E-state index contributed by atoms with van der Waals surface area (Å²) in [5, 5.41) is 16.4. The molecule has 1 aliphatic carbocycles. The summed E-state index contributed by atoms with van der Waals surface area (Å²) in [7, 11) is 0. The lowest BCUT2D eigenvalue weighted by Gasteiger charge is -2.32. The highest BCUT2D eigenvalue weighted by molar-refractivity contribution is 5.98. The molecule has 9 nitrogen and oxygen atoms in total. The van der Waals surface area contributed by atoms with Gasteiger partial charge in [-0.25, -0.2) is 19.2 Å². The van der Waals surface area contributed by atoms with E-state index < -0.39 is 18.0 Å². The number of pyridine rings is 2. The third-order valence-electron chi connectivity index (χ3n) is 5.95. The van der Waals surface area contributed by atoms with Crippen LogP contribution in [0.15, 0.2) is 24.5 Å². The van der Waals surface area contributed by atoms with Crippen LogP contribution in [0.2, 0.25) is 0 Å². The van der Waals surface area contributed by atoms with Crippen molar-refractivity contribution in [3.8, 4) is 22.9 Å². The molecule has 166 valence electrons. The number of anilines is 2. The fraction of sp³-hybridized carbons (Fsp3) is 0.318. The highest BCUT2D eigenvalue weighted by Gasteiger charge is 2.30. The van der Waals surface area contributed by atoms with Crippen LogP contribution in [0.4, 0.5) is 20.6 Å². The first-order chi connectivity index (χ1) is 15.4. The van der Waals surface area contributed by atoms with Crippen LogP contribution < -0.4 is 25.8 Å². The molecule has 5 rings (SSSR count). The lowest BCUT2D eigenvalue weighted by atomic mass is 9.89. The van der Waals surface area contributed by atoms with Crippen LogP contribution in [0.25, 0.3) is 21.9 Å². The molecule has 1 amide bonds. The van der Waals surface area contributed by atoms with Crippen molar-refractivity contribution in [1.29, 1.82) is 0 Å². The van der Waals surface area contributed by atoms with Gasteiger partial charge in [0.2, 0.25) is 11.8 Å². The van der Waals surface area contributed by atoms with Gasteiger partial charge >= 0.3 is 6.09 Å². The number of benzene rings is 1.